The van der Waals surface area contributed by atoms with Gasteiger partial charge in [-0.15, -0.1) is 0 Å². The fraction of sp³-hybridized carbons (Fsp3) is 0.583. The first-order valence-corrected chi connectivity index (χ1v) is 7.54. The Kier molecular flexibility index (Phi) is 4.82. The number of aryl methyl sites for hydroxylation is 1. The SMILES string of the molecule is O=c1c(Br)cc(Br)cn1CCCCNC1CC1. The van der Waals surface area contributed by atoms with Crippen molar-refractivity contribution in [2.24, 2.45) is 0 Å². The first-order valence-electron chi connectivity index (χ1n) is 5.95. The Morgan fingerprint density at radius 1 is 1.35 bits per heavy atom. The molecule has 1 N–H and O–H groups in total. The number of unbranched alkanes of at least 4 members (excludes halogenated alkanes) is 1. The molecule has 0 spiro atoms. The summed E-state index contributed by atoms with van der Waals surface area (Å²) in [6, 6.07) is 2.56. The van der Waals surface area contributed by atoms with Crippen molar-refractivity contribution >= 4 is 31.9 Å². The van der Waals surface area contributed by atoms with Gasteiger partial charge in [-0.05, 0) is 70.2 Å². The highest BCUT2D eigenvalue weighted by Crippen LogP contribution is 2.18. The Labute approximate surface area is 118 Å². The molecule has 5 heteroatoms. The molecule has 0 aliphatic heterocycles. The van der Waals surface area contributed by atoms with Gasteiger partial charge in [-0.25, -0.2) is 0 Å². The summed E-state index contributed by atoms with van der Waals surface area (Å²) in [6.45, 7) is 1.85. The summed E-state index contributed by atoms with van der Waals surface area (Å²) in [5.74, 6) is 0. The number of pyridine rings is 1. The van der Waals surface area contributed by atoms with Crippen LogP contribution in [0, 0.1) is 0 Å². The summed E-state index contributed by atoms with van der Waals surface area (Å²) in [7, 11) is 0. The standard InChI is InChI=1S/C12H16Br2N2O/c13-9-7-11(14)12(17)16(8-9)6-2-1-5-15-10-3-4-10/h7-8,10,15H,1-6H2. The zero-order valence-corrected chi connectivity index (χ0v) is 12.8. The van der Waals surface area contributed by atoms with Crippen LogP contribution in [0.5, 0.6) is 0 Å². The van der Waals surface area contributed by atoms with Crippen LogP contribution in [-0.4, -0.2) is 17.2 Å². The molecule has 1 aliphatic rings. The van der Waals surface area contributed by atoms with E-state index in [1.165, 1.54) is 12.8 Å². The van der Waals surface area contributed by atoms with Crippen LogP contribution in [0.15, 0.2) is 26.0 Å². The van der Waals surface area contributed by atoms with Gasteiger partial charge in [0.05, 0.1) is 4.47 Å². The molecular weight excluding hydrogens is 348 g/mol. The highest BCUT2D eigenvalue weighted by atomic mass is 79.9. The minimum Gasteiger partial charge on any atom is -0.314 e. The molecule has 0 saturated heterocycles. The number of hydrogen-bond donors (Lipinski definition) is 1. The second-order valence-electron chi connectivity index (χ2n) is 4.44. The number of nitrogens with zero attached hydrogens (tertiary/aromatic N) is 1. The molecule has 17 heavy (non-hydrogen) atoms. The number of rotatable bonds is 6. The molecule has 1 aliphatic carbocycles. The van der Waals surface area contributed by atoms with Gasteiger partial charge in [-0.2, -0.15) is 0 Å². The topological polar surface area (TPSA) is 34.0 Å². The maximum absolute atomic E-state index is 11.8. The van der Waals surface area contributed by atoms with Gasteiger partial charge in [0, 0.05) is 23.3 Å². The second-order valence-corrected chi connectivity index (χ2v) is 6.21. The molecule has 0 aromatic carbocycles. The van der Waals surface area contributed by atoms with Crippen molar-refractivity contribution in [1.29, 1.82) is 0 Å². The monoisotopic (exact) mass is 362 g/mol. The third-order valence-electron chi connectivity index (χ3n) is 2.85. The number of halogens is 2. The van der Waals surface area contributed by atoms with Gasteiger partial charge in [0.1, 0.15) is 0 Å². The van der Waals surface area contributed by atoms with Gasteiger partial charge < -0.3 is 9.88 Å². The van der Waals surface area contributed by atoms with E-state index in [4.69, 9.17) is 0 Å². The lowest BCUT2D eigenvalue weighted by molar-refractivity contribution is 0.556. The molecule has 1 heterocycles. The molecular formula is C12H16Br2N2O. The maximum Gasteiger partial charge on any atom is 0.264 e. The van der Waals surface area contributed by atoms with E-state index in [0.717, 1.165) is 36.4 Å². The van der Waals surface area contributed by atoms with Gasteiger partial charge in [0.15, 0.2) is 0 Å². The van der Waals surface area contributed by atoms with Crippen LogP contribution in [0.1, 0.15) is 25.7 Å². The molecule has 0 atom stereocenters. The molecule has 1 aromatic rings. The number of aromatic nitrogens is 1. The van der Waals surface area contributed by atoms with Gasteiger partial charge in [-0.3, -0.25) is 4.79 Å². The molecule has 94 valence electrons. The van der Waals surface area contributed by atoms with Gasteiger partial charge in [0.25, 0.3) is 5.56 Å². The highest BCUT2D eigenvalue weighted by molar-refractivity contribution is 9.11. The maximum atomic E-state index is 11.8. The van der Waals surface area contributed by atoms with E-state index in [1.807, 2.05) is 6.20 Å². The minimum atomic E-state index is 0.0448. The Balaban J connectivity index is 1.79. The van der Waals surface area contributed by atoms with E-state index < -0.39 is 0 Å². The Hall–Kier alpha value is -0.130. The number of nitrogens with one attached hydrogen (secondary N) is 1. The lowest BCUT2D eigenvalue weighted by Gasteiger charge is -2.07. The van der Waals surface area contributed by atoms with Crippen molar-refractivity contribution in [1.82, 2.24) is 9.88 Å². The fourth-order valence-corrected chi connectivity index (χ4v) is 2.99. The number of hydrogen-bond acceptors (Lipinski definition) is 2. The Morgan fingerprint density at radius 3 is 2.82 bits per heavy atom. The largest absolute Gasteiger partial charge is 0.314 e. The van der Waals surface area contributed by atoms with Crippen LogP contribution < -0.4 is 10.9 Å². The zero-order chi connectivity index (χ0) is 12.3. The van der Waals surface area contributed by atoms with Gasteiger partial charge >= 0.3 is 0 Å². The molecule has 1 aromatic heterocycles. The summed E-state index contributed by atoms with van der Waals surface area (Å²) >= 11 is 6.67. The van der Waals surface area contributed by atoms with Crippen molar-refractivity contribution in [3.8, 4) is 0 Å². The quantitative estimate of drug-likeness (QED) is 0.788. The fourth-order valence-electron chi connectivity index (χ4n) is 1.73. The van der Waals surface area contributed by atoms with Crippen LogP contribution in [0.3, 0.4) is 0 Å². The third kappa shape index (κ3) is 4.23. The Bertz CT molecular complexity index is 441. The second kappa shape index (κ2) is 6.16. The Morgan fingerprint density at radius 2 is 2.12 bits per heavy atom. The molecule has 0 bridgehead atoms. The first-order chi connectivity index (χ1) is 8.16. The lowest BCUT2D eigenvalue weighted by Crippen LogP contribution is -2.22. The normalized spacial score (nSPS) is 15.2. The minimum absolute atomic E-state index is 0.0448. The van der Waals surface area contributed by atoms with Crippen LogP contribution in [0.2, 0.25) is 0 Å². The summed E-state index contributed by atoms with van der Waals surface area (Å²) in [5.41, 5.74) is 0.0448. The molecule has 0 radical (unpaired) electrons. The van der Waals surface area contributed by atoms with Crippen molar-refractivity contribution in [2.45, 2.75) is 38.3 Å². The average molecular weight is 364 g/mol. The van der Waals surface area contributed by atoms with Crippen molar-refractivity contribution < 1.29 is 0 Å². The highest BCUT2D eigenvalue weighted by Gasteiger charge is 2.19. The molecule has 0 amide bonds. The van der Waals surface area contributed by atoms with E-state index in [-0.39, 0.29) is 5.56 Å². The summed E-state index contributed by atoms with van der Waals surface area (Å²) in [6.07, 6.45) is 6.66. The van der Waals surface area contributed by atoms with E-state index in [9.17, 15) is 4.79 Å². The van der Waals surface area contributed by atoms with Crippen molar-refractivity contribution in [2.75, 3.05) is 6.54 Å². The zero-order valence-electron chi connectivity index (χ0n) is 9.59. The van der Waals surface area contributed by atoms with Crippen molar-refractivity contribution in [3.63, 3.8) is 0 Å². The predicted molar refractivity (Wildman–Crippen MR) is 76.4 cm³/mol. The van der Waals surface area contributed by atoms with Crippen molar-refractivity contribution in [3.05, 3.63) is 31.6 Å². The van der Waals surface area contributed by atoms with Crippen LogP contribution in [0.25, 0.3) is 0 Å². The molecule has 2 rings (SSSR count). The first kappa shape index (κ1) is 13.3. The van der Waals surface area contributed by atoms with Crippen LogP contribution >= 0.6 is 31.9 Å². The smallest absolute Gasteiger partial charge is 0.264 e. The van der Waals surface area contributed by atoms with Crippen LogP contribution in [0.4, 0.5) is 0 Å². The summed E-state index contributed by atoms with van der Waals surface area (Å²) in [5, 5.41) is 3.47. The lowest BCUT2D eigenvalue weighted by atomic mass is 10.3. The summed E-state index contributed by atoms with van der Waals surface area (Å²) < 4.78 is 3.30. The molecule has 3 nitrogen and oxygen atoms in total. The average Bonchev–Trinajstić information content (AvgIpc) is 3.08. The third-order valence-corrected chi connectivity index (χ3v) is 3.85. The van der Waals surface area contributed by atoms with E-state index >= 15 is 0 Å². The van der Waals surface area contributed by atoms with E-state index in [2.05, 4.69) is 37.2 Å². The summed E-state index contributed by atoms with van der Waals surface area (Å²) in [4.78, 5) is 11.8. The predicted octanol–water partition coefficient (Wildman–Crippen LogP) is 2.91. The van der Waals surface area contributed by atoms with Crippen LogP contribution in [-0.2, 0) is 6.54 Å². The molecule has 1 fully saturated rings. The van der Waals surface area contributed by atoms with Gasteiger partial charge in [-0.1, -0.05) is 0 Å². The van der Waals surface area contributed by atoms with E-state index in [0.29, 0.717) is 4.47 Å². The van der Waals surface area contributed by atoms with Gasteiger partial charge in [0.2, 0.25) is 0 Å². The molecule has 0 unspecified atom stereocenters. The molecule has 1 saturated carbocycles. The van der Waals surface area contributed by atoms with E-state index in [1.54, 1.807) is 10.6 Å².